The molecule has 2 aromatic heterocycles. The number of thioether (sulfide) groups is 1. The third-order valence-electron chi connectivity index (χ3n) is 4.09. The van der Waals surface area contributed by atoms with E-state index in [0.717, 1.165) is 17.0 Å². The van der Waals surface area contributed by atoms with Gasteiger partial charge in [-0.2, -0.15) is 0 Å². The van der Waals surface area contributed by atoms with Gasteiger partial charge in [-0.3, -0.25) is 9.59 Å². The Labute approximate surface area is 177 Å². The number of amides is 2. The van der Waals surface area contributed by atoms with Crippen LogP contribution in [0, 0.1) is 13.8 Å². The lowest BCUT2D eigenvalue weighted by Gasteiger charge is -2.11. The first kappa shape index (κ1) is 20.9. The Balaban J connectivity index is 1.75. The van der Waals surface area contributed by atoms with Crippen molar-refractivity contribution < 1.29 is 14.1 Å². The quantitative estimate of drug-likeness (QED) is 0.543. The van der Waals surface area contributed by atoms with E-state index in [9.17, 15) is 9.59 Å². The molecule has 0 unspecified atom stereocenters. The molecule has 0 atom stereocenters. The molecule has 0 aliphatic heterocycles. The zero-order valence-corrected chi connectivity index (χ0v) is 17.6. The molecule has 0 fully saturated rings. The van der Waals surface area contributed by atoms with Gasteiger partial charge in [-0.25, -0.2) is 4.98 Å². The van der Waals surface area contributed by atoms with Gasteiger partial charge >= 0.3 is 0 Å². The molecule has 0 radical (unpaired) electrons. The first-order valence-electron chi connectivity index (χ1n) is 8.73. The summed E-state index contributed by atoms with van der Waals surface area (Å²) in [6.07, 6.45) is 1.64. The molecule has 0 bridgehead atoms. The number of rotatable bonds is 6. The summed E-state index contributed by atoms with van der Waals surface area (Å²) in [7, 11) is 0. The molecule has 2 heterocycles. The molecule has 150 valence electrons. The average molecular weight is 431 g/mol. The second kappa shape index (κ2) is 9.11. The van der Waals surface area contributed by atoms with Crippen LogP contribution in [-0.4, -0.2) is 22.0 Å². The molecule has 9 heteroatoms. The molecular formula is C20H19ClN4O3S. The topological polar surface area (TPSA) is 97.1 Å². The van der Waals surface area contributed by atoms with Crippen LogP contribution in [0.5, 0.6) is 0 Å². The van der Waals surface area contributed by atoms with Crippen molar-refractivity contribution in [1.82, 2.24) is 10.1 Å². The highest BCUT2D eigenvalue weighted by molar-refractivity contribution is 7.98. The highest BCUT2D eigenvalue weighted by Gasteiger charge is 2.16. The molecule has 2 N–H and O–H groups in total. The van der Waals surface area contributed by atoms with Gasteiger partial charge in [-0.1, -0.05) is 16.8 Å². The van der Waals surface area contributed by atoms with Gasteiger partial charge in [0, 0.05) is 30.1 Å². The predicted molar refractivity (Wildman–Crippen MR) is 113 cm³/mol. The normalized spacial score (nSPS) is 10.6. The number of aryl methyl sites for hydroxylation is 2. The van der Waals surface area contributed by atoms with Crippen LogP contribution < -0.4 is 10.6 Å². The number of hydrogen-bond acceptors (Lipinski definition) is 6. The minimum absolute atomic E-state index is 0.201. The second-order valence-corrected chi connectivity index (χ2v) is 7.65. The van der Waals surface area contributed by atoms with Crippen molar-refractivity contribution in [3.63, 3.8) is 0 Å². The summed E-state index contributed by atoms with van der Waals surface area (Å²) < 4.78 is 5.18. The molecule has 0 saturated carbocycles. The summed E-state index contributed by atoms with van der Waals surface area (Å²) in [6.45, 7) is 5.15. The molecule has 3 rings (SSSR count). The summed E-state index contributed by atoms with van der Waals surface area (Å²) in [5.41, 5.74) is 3.24. The van der Waals surface area contributed by atoms with E-state index in [4.69, 9.17) is 16.1 Å². The largest absolute Gasteiger partial charge is 0.361 e. The Morgan fingerprint density at radius 3 is 2.66 bits per heavy atom. The third kappa shape index (κ3) is 5.16. The van der Waals surface area contributed by atoms with E-state index in [2.05, 4.69) is 20.8 Å². The predicted octanol–water partition coefficient (Wildman–Crippen LogP) is 4.84. The molecule has 7 nitrogen and oxygen atoms in total. The van der Waals surface area contributed by atoms with E-state index < -0.39 is 0 Å². The van der Waals surface area contributed by atoms with E-state index in [1.807, 2.05) is 13.8 Å². The van der Waals surface area contributed by atoms with Crippen LogP contribution in [0.2, 0.25) is 5.02 Å². The molecule has 2 amide bonds. The Hall–Kier alpha value is -2.84. The van der Waals surface area contributed by atoms with Crippen LogP contribution in [0.4, 0.5) is 11.4 Å². The number of nitrogens with one attached hydrogen (secondary N) is 2. The number of nitrogens with zero attached hydrogens (tertiary/aromatic N) is 2. The average Bonchev–Trinajstić information content (AvgIpc) is 2.99. The standard InChI is InChI=1S/C20H19ClN4O3S/c1-11-16(12(2)28-25-11)10-29-20-15(5-4-8-22-20)19(27)24-18-7-6-14(9-17(18)21)23-13(3)26/h4-9H,10H2,1-3H3,(H,23,26)(H,24,27). The third-order valence-corrected chi connectivity index (χ3v) is 5.43. The van der Waals surface area contributed by atoms with Crippen LogP contribution >= 0.6 is 23.4 Å². The molecule has 0 aliphatic carbocycles. The van der Waals surface area contributed by atoms with Crippen molar-refractivity contribution in [2.75, 3.05) is 10.6 Å². The SMILES string of the molecule is CC(=O)Nc1ccc(NC(=O)c2cccnc2SCc2c(C)noc2C)c(Cl)c1. The van der Waals surface area contributed by atoms with E-state index in [-0.39, 0.29) is 11.8 Å². The van der Waals surface area contributed by atoms with E-state index >= 15 is 0 Å². The number of halogens is 1. The minimum Gasteiger partial charge on any atom is -0.361 e. The fourth-order valence-corrected chi connectivity index (χ4v) is 3.99. The van der Waals surface area contributed by atoms with Gasteiger partial charge in [-0.05, 0) is 44.2 Å². The van der Waals surface area contributed by atoms with E-state index in [0.29, 0.717) is 32.7 Å². The van der Waals surface area contributed by atoms with Crippen molar-refractivity contribution in [1.29, 1.82) is 0 Å². The highest BCUT2D eigenvalue weighted by atomic mass is 35.5. The number of anilines is 2. The zero-order chi connectivity index (χ0) is 21.0. The summed E-state index contributed by atoms with van der Waals surface area (Å²) in [4.78, 5) is 28.3. The minimum atomic E-state index is -0.325. The van der Waals surface area contributed by atoms with Crippen LogP contribution in [0.1, 0.15) is 34.3 Å². The number of carbonyl (C=O) groups is 2. The first-order chi connectivity index (χ1) is 13.8. The van der Waals surface area contributed by atoms with E-state index in [1.54, 1.807) is 36.5 Å². The lowest BCUT2D eigenvalue weighted by molar-refractivity contribution is -0.114. The van der Waals surface area contributed by atoms with Crippen LogP contribution in [-0.2, 0) is 10.5 Å². The fourth-order valence-electron chi connectivity index (χ4n) is 2.61. The van der Waals surface area contributed by atoms with Crippen molar-refractivity contribution >= 4 is 46.6 Å². The van der Waals surface area contributed by atoms with Crippen molar-refractivity contribution in [2.24, 2.45) is 0 Å². The molecule has 0 saturated heterocycles. The number of pyridine rings is 1. The number of carbonyl (C=O) groups excluding carboxylic acids is 2. The maximum atomic E-state index is 12.8. The summed E-state index contributed by atoms with van der Waals surface area (Å²) in [5.74, 6) is 0.814. The van der Waals surface area contributed by atoms with Gasteiger partial charge in [0.25, 0.3) is 5.91 Å². The zero-order valence-electron chi connectivity index (χ0n) is 16.1. The van der Waals surface area contributed by atoms with Gasteiger partial charge in [-0.15, -0.1) is 11.8 Å². The number of hydrogen-bond donors (Lipinski definition) is 2. The van der Waals surface area contributed by atoms with Gasteiger partial charge < -0.3 is 15.2 Å². The second-order valence-electron chi connectivity index (χ2n) is 6.28. The van der Waals surface area contributed by atoms with Gasteiger partial charge in [0.15, 0.2) is 0 Å². The molecule has 3 aromatic rings. The smallest absolute Gasteiger partial charge is 0.258 e. The van der Waals surface area contributed by atoms with Gasteiger partial charge in [0.2, 0.25) is 5.91 Å². The number of aromatic nitrogens is 2. The summed E-state index contributed by atoms with van der Waals surface area (Å²) in [6, 6.07) is 8.29. The monoisotopic (exact) mass is 430 g/mol. The van der Waals surface area contributed by atoms with Gasteiger partial charge in [0.1, 0.15) is 10.8 Å². The fraction of sp³-hybridized carbons (Fsp3) is 0.200. The summed E-state index contributed by atoms with van der Waals surface area (Å²) in [5, 5.41) is 10.3. The maximum Gasteiger partial charge on any atom is 0.258 e. The molecule has 0 aliphatic rings. The highest BCUT2D eigenvalue weighted by Crippen LogP contribution is 2.29. The van der Waals surface area contributed by atoms with Crippen molar-refractivity contribution in [3.05, 3.63) is 64.1 Å². The Morgan fingerprint density at radius 2 is 2.00 bits per heavy atom. The lowest BCUT2D eigenvalue weighted by Crippen LogP contribution is -2.14. The maximum absolute atomic E-state index is 12.8. The van der Waals surface area contributed by atoms with Gasteiger partial charge in [0.05, 0.1) is 22.0 Å². The molecule has 0 spiro atoms. The molecule has 1 aromatic carbocycles. The van der Waals surface area contributed by atoms with Crippen molar-refractivity contribution in [2.45, 2.75) is 31.6 Å². The van der Waals surface area contributed by atoms with Crippen LogP contribution in [0.15, 0.2) is 46.1 Å². The molecular weight excluding hydrogens is 412 g/mol. The first-order valence-corrected chi connectivity index (χ1v) is 10.1. The van der Waals surface area contributed by atoms with Crippen molar-refractivity contribution in [3.8, 4) is 0 Å². The van der Waals surface area contributed by atoms with Crippen LogP contribution in [0.25, 0.3) is 0 Å². The molecule has 29 heavy (non-hydrogen) atoms. The summed E-state index contributed by atoms with van der Waals surface area (Å²) >= 11 is 7.68. The lowest BCUT2D eigenvalue weighted by atomic mass is 10.2. The number of benzene rings is 1. The Kier molecular flexibility index (Phi) is 6.56. The Morgan fingerprint density at radius 1 is 1.21 bits per heavy atom. The Bertz CT molecular complexity index is 1050. The van der Waals surface area contributed by atoms with Crippen LogP contribution in [0.3, 0.4) is 0 Å². The van der Waals surface area contributed by atoms with E-state index in [1.165, 1.54) is 18.7 Å².